The Kier molecular flexibility index (Phi) is 5.49. The van der Waals surface area contributed by atoms with E-state index in [1.807, 2.05) is 24.3 Å². The lowest BCUT2D eigenvalue weighted by molar-refractivity contribution is 0.324. The quantitative estimate of drug-likeness (QED) is 0.687. The van der Waals surface area contributed by atoms with Gasteiger partial charge in [-0.15, -0.1) is 5.10 Å². The molecular weight excluding hydrogens is 346 g/mol. The number of nitrogens with zero attached hydrogens (tertiary/aromatic N) is 2. The first-order valence-corrected chi connectivity index (χ1v) is 8.47. The summed E-state index contributed by atoms with van der Waals surface area (Å²) in [6.45, 7) is 2.07. The summed E-state index contributed by atoms with van der Waals surface area (Å²) in [6, 6.07) is 10.8. The molecule has 27 heavy (non-hydrogen) atoms. The summed E-state index contributed by atoms with van der Waals surface area (Å²) < 4.78 is 21.6. The van der Waals surface area contributed by atoms with Crippen LogP contribution in [0.1, 0.15) is 12.5 Å². The monoisotopic (exact) mass is 368 g/mol. The van der Waals surface area contributed by atoms with Crippen LogP contribution in [0.2, 0.25) is 0 Å². The number of hydrogen-bond acceptors (Lipinski definition) is 6. The minimum atomic E-state index is 0.528. The molecule has 3 rings (SSSR count). The van der Waals surface area contributed by atoms with Crippen molar-refractivity contribution in [1.82, 2.24) is 15.4 Å². The molecule has 7 nitrogen and oxygen atoms in total. The first kappa shape index (κ1) is 18.6. The number of methoxy groups -OCH3 is 4. The van der Waals surface area contributed by atoms with Crippen LogP contribution in [0.3, 0.4) is 0 Å². The van der Waals surface area contributed by atoms with Crippen LogP contribution in [0.15, 0.2) is 24.3 Å². The van der Waals surface area contributed by atoms with E-state index < -0.39 is 0 Å². The topological polar surface area (TPSA) is 78.5 Å². The van der Waals surface area contributed by atoms with Gasteiger partial charge in [0.25, 0.3) is 0 Å². The molecule has 141 valence electrons. The van der Waals surface area contributed by atoms with Crippen LogP contribution in [0.25, 0.3) is 22.5 Å². The van der Waals surface area contributed by atoms with Crippen LogP contribution in [0.5, 0.6) is 23.0 Å². The minimum Gasteiger partial charge on any atom is -0.496 e. The lowest BCUT2D eigenvalue weighted by atomic mass is 10.0. The smallest absolute Gasteiger partial charge is 0.203 e. The average Bonchev–Trinajstić information content (AvgIpc) is 3.21. The van der Waals surface area contributed by atoms with E-state index in [0.29, 0.717) is 22.9 Å². The SMILES string of the molecule is CCc1cc(-c2[nH]nnc2-c2cc(OC)c(OC)c(OC)c2)c[c]c1OC. The van der Waals surface area contributed by atoms with E-state index in [2.05, 4.69) is 28.4 Å². The second kappa shape index (κ2) is 7.99. The van der Waals surface area contributed by atoms with E-state index in [0.717, 1.165) is 34.6 Å². The Balaban J connectivity index is 2.13. The van der Waals surface area contributed by atoms with Crippen LogP contribution in [0.4, 0.5) is 0 Å². The molecule has 1 radical (unpaired) electrons. The van der Waals surface area contributed by atoms with Crippen molar-refractivity contribution in [3.63, 3.8) is 0 Å². The molecule has 2 aromatic carbocycles. The Morgan fingerprint density at radius 3 is 2.19 bits per heavy atom. The number of nitrogens with one attached hydrogen (secondary N) is 1. The normalized spacial score (nSPS) is 10.6. The Labute approximate surface area is 158 Å². The van der Waals surface area contributed by atoms with Crippen molar-refractivity contribution in [2.24, 2.45) is 0 Å². The highest BCUT2D eigenvalue weighted by Crippen LogP contribution is 2.42. The summed E-state index contributed by atoms with van der Waals surface area (Å²) in [4.78, 5) is 0. The van der Waals surface area contributed by atoms with Crippen molar-refractivity contribution in [3.05, 3.63) is 35.9 Å². The Morgan fingerprint density at radius 1 is 0.926 bits per heavy atom. The predicted octanol–water partition coefficient (Wildman–Crippen LogP) is 3.54. The zero-order valence-corrected chi connectivity index (χ0v) is 16.0. The molecule has 0 saturated heterocycles. The lowest BCUT2D eigenvalue weighted by Gasteiger charge is -2.14. The van der Waals surface area contributed by atoms with Crippen LogP contribution in [-0.4, -0.2) is 43.8 Å². The number of aryl methyl sites for hydroxylation is 1. The van der Waals surface area contributed by atoms with Crippen molar-refractivity contribution in [3.8, 4) is 45.5 Å². The number of aromatic nitrogens is 3. The fourth-order valence-electron chi connectivity index (χ4n) is 2.98. The number of hydrogen-bond donors (Lipinski definition) is 1. The molecule has 0 aliphatic rings. The number of H-pyrrole nitrogens is 1. The second-order valence-electron chi connectivity index (χ2n) is 5.75. The van der Waals surface area contributed by atoms with E-state index in [4.69, 9.17) is 18.9 Å². The van der Waals surface area contributed by atoms with Gasteiger partial charge in [-0.25, -0.2) is 0 Å². The standard InChI is InChI=1S/C20H22N3O4/c1-6-12-9-13(7-8-15(12)24-2)18-19(22-23-21-18)14-10-16(25-3)20(27-5)17(11-14)26-4/h7,9-11H,6H2,1-5H3,(H,21,22,23). The minimum absolute atomic E-state index is 0.528. The molecule has 0 spiro atoms. The molecule has 0 bridgehead atoms. The fraction of sp³-hybridized carbons (Fsp3) is 0.300. The van der Waals surface area contributed by atoms with Gasteiger partial charge in [0.2, 0.25) is 5.75 Å². The van der Waals surface area contributed by atoms with E-state index in [9.17, 15) is 0 Å². The van der Waals surface area contributed by atoms with Crippen molar-refractivity contribution in [2.45, 2.75) is 13.3 Å². The highest BCUT2D eigenvalue weighted by Gasteiger charge is 2.19. The largest absolute Gasteiger partial charge is 0.496 e. The molecule has 1 aromatic heterocycles. The first-order valence-electron chi connectivity index (χ1n) is 8.47. The van der Waals surface area contributed by atoms with Crippen molar-refractivity contribution < 1.29 is 18.9 Å². The third-order valence-corrected chi connectivity index (χ3v) is 4.34. The van der Waals surface area contributed by atoms with Gasteiger partial charge in [0, 0.05) is 17.2 Å². The highest BCUT2D eigenvalue weighted by atomic mass is 16.5. The summed E-state index contributed by atoms with van der Waals surface area (Å²) in [5, 5.41) is 11.2. The molecule has 1 N–H and O–H groups in total. The molecule has 7 heteroatoms. The lowest BCUT2D eigenvalue weighted by Crippen LogP contribution is -1.96. The highest BCUT2D eigenvalue weighted by molar-refractivity contribution is 5.80. The molecule has 0 unspecified atom stereocenters. The fourth-order valence-corrected chi connectivity index (χ4v) is 2.98. The summed E-state index contributed by atoms with van der Waals surface area (Å²) in [6.07, 6.45) is 0.828. The zero-order chi connectivity index (χ0) is 19.4. The molecule has 3 aromatic rings. The van der Waals surface area contributed by atoms with Crippen molar-refractivity contribution in [2.75, 3.05) is 28.4 Å². The maximum atomic E-state index is 5.44. The van der Waals surface area contributed by atoms with Gasteiger partial charge in [0.05, 0.1) is 34.1 Å². The van der Waals surface area contributed by atoms with Crippen LogP contribution in [0, 0.1) is 6.07 Å². The second-order valence-corrected chi connectivity index (χ2v) is 5.75. The van der Waals surface area contributed by atoms with E-state index >= 15 is 0 Å². The van der Waals surface area contributed by atoms with E-state index in [1.165, 1.54) is 0 Å². The molecule has 0 atom stereocenters. The summed E-state index contributed by atoms with van der Waals surface area (Å²) in [7, 11) is 6.37. The third kappa shape index (κ3) is 3.40. The van der Waals surface area contributed by atoms with Gasteiger partial charge < -0.3 is 18.9 Å². The predicted molar refractivity (Wildman–Crippen MR) is 102 cm³/mol. The molecule has 0 aliphatic carbocycles. The molecular formula is C20H22N3O4. The maximum absolute atomic E-state index is 5.44. The first-order chi connectivity index (χ1) is 13.2. The number of benzene rings is 2. The molecule has 0 saturated carbocycles. The average molecular weight is 368 g/mol. The Hall–Kier alpha value is -3.22. The molecule has 1 heterocycles. The van der Waals surface area contributed by atoms with Gasteiger partial charge in [0.15, 0.2) is 11.5 Å². The van der Waals surface area contributed by atoms with E-state index in [1.54, 1.807) is 28.4 Å². The van der Waals surface area contributed by atoms with Gasteiger partial charge in [-0.05, 0) is 36.2 Å². The summed E-state index contributed by atoms with van der Waals surface area (Å²) in [5.74, 6) is 2.37. The van der Waals surface area contributed by atoms with Gasteiger partial charge >= 0.3 is 0 Å². The van der Waals surface area contributed by atoms with Gasteiger partial charge in [-0.3, -0.25) is 5.10 Å². The van der Waals surface area contributed by atoms with Crippen LogP contribution < -0.4 is 18.9 Å². The van der Waals surface area contributed by atoms with Crippen LogP contribution >= 0.6 is 0 Å². The zero-order valence-electron chi connectivity index (χ0n) is 16.0. The molecule has 0 amide bonds. The number of aromatic amines is 1. The molecule has 0 aliphatic heterocycles. The van der Waals surface area contributed by atoms with Gasteiger partial charge in [0.1, 0.15) is 11.4 Å². The number of ether oxygens (including phenoxy) is 4. The number of rotatable bonds is 7. The summed E-state index contributed by atoms with van der Waals surface area (Å²) in [5.41, 5.74) is 4.22. The Morgan fingerprint density at radius 2 is 1.63 bits per heavy atom. The molecule has 0 fully saturated rings. The maximum Gasteiger partial charge on any atom is 0.203 e. The van der Waals surface area contributed by atoms with E-state index in [-0.39, 0.29) is 0 Å². The third-order valence-electron chi connectivity index (χ3n) is 4.34. The van der Waals surface area contributed by atoms with Gasteiger partial charge in [-0.1, -0.05) is 12.1 Å². The van der Waals surface area contributed by atoms with Crippen molar-refractivity contribution >= 4 is 0 Å². The Bertz CT molecular complexity index is 912. The van der Waals surface area contributed by atoms with Crippen molar-refractivity contribution in [1.29, 1.82) is 0 Å². The summed E-state index contributed by atoms with van der Waals surface area (Å²) >= 11 is 0. The van der Waals surface area contributed by atoms with Gasteiger partial charge in [-0.2, -0.15) is 0 Å². The van der Waals surface area contributed by atoms with Crippen LogP contribution in [-0.2, 0) is 6.42 Å².